The van der Waals surface area contributed by atoms with Crippen molar-refractivity contribution < 1.29 is 22.6 Å². The molecule has 28 heavy (non-hydrogen) atoms. The smallest absolute Gasteiger partial charge is 0.497 e. The van der Waals surface area contributed by atoms with Crippen molar-refractivity contribution in [3.05, 3.63) is 60.7 Å². The maximum Gasteiger partial charge on any atom is 0.573 e. The molecule has 2 aromatic carbocycles. The second kappa shape index (κ2) is 6.84. The molecule has 4 aromatic rings. The summed E-state index contributed by atoms with van der Waals surface area (Å²) in [6, 6.07) is 16.4. The second-order valence-electron chi connectivity index (χ2n) is 5.78. The molecule has 0 N–H and O–H groups in total. The number of para-hydroxylation sites is 1. The van der Waals surface area contributed by atoms with Crippen LogP contribution in [0.15, 0.2) is 60.7 Å². The van der Waals surface area contributed by atoms with Gasteiger partial charge in [0.25, 0.3) is 0 Å². The van der Waals surface area contributed by atoms with Crippen LogP contribution >= 0.6 is 0 Å². The van der Waals surface area contributed by atoms with Gasteiger partial charge in [-0.2, -0.15) is 9.61 Å². The van der Waals surface area contributed by atoms with E-state index in [1.54, 1.807) is 37.4 Å². The topological polar surface area (TPSA) is 61.5 Å². The van der Waals surface area contributed by atoms with Crippen LogP contribution in [0.25, 0.3) is 28.3 Å². The summed E-state index contributed by atoms with van der Waals surface area (Å²) >= 11 is 0. The van der Waals surface area contributed by atoms with E-state index < -0.39 is 6.36 Å². The number of hydrogen-bond donors (Lipinski definition) is 0. The lowest BCUT2D eigenvalue weighted by Crippen LogP contribution is -2.17. The molecule has 0 atom stereocenters. The van der Waals surface area contributed by atoms with Crippen molar-refractivity contribution in [1.82, 2.24) is 19.8 Å². The molecular formula is C19H13F3N4O2. The van der Waals surface area contributed by atoms with Gasteiger partial charge in [0.2, 0.25) is 0 Å². The average Bonchev–Trinajstić information content (AvgIpc) is 3.10. The first-order chi connectivity index (χ1) is 13.4. The first-order valence-electron chi connectivity index (χ1n) is 8.17. The molecule has 2 aromatic heterocycles. The summed E-state index contributed by atoms with van der Waals surface area (Å²) in [4.78, 5) is 0. The zero-order valence-electron chi connectivity index (χ0n) is 14.5. The molecule has 0 amide bonds. The van der Waals surface area contributed by atoms with Gasteiger partial charge in [-0.3, -0.25) is 0 Å². The molecule has 4 rings (SSSR count). The molecule has 0 aliphatic heterocycles. The Morgan fingerprint density at radius 1 is 0.893 bits per heavy atom. The van der Waals surface area contributed by atoms with E-state index in [9.17, 15) is 13.2 Å². The molecule has 142 valence electrons. The molecule has 0 unspecified atom stereocenters. The van der Waals surface area contributed by atoms with Crippen LogP contribution < -0.4 is 9.47 Å². The number of ether oxygens (including phenoxy) is 2. The molecular weight excluding hydrogens is 373 g/mol. The molecule has 0 aliphatic carbocycles. The highest BCUT2D eigenvalue weighted by atomic mass is 19.4. The third-order valence-electron chi connectivity index (χ3n) is 4.00. The fraction of sp³-hybridized carbons (Fsp3) is 0.105. The summed E-state index contributed by atoms with van der Waals surface area (Å²) in [6.45, 7) is 0. The standard InChI is InChI=1S/C19H13F3N4O2/c1-27-13-8-6-12(7-9-13)15-10-11-17-23-24-18(26(17)25-15)14-4-2-3-5-16(14)28-19(20,21)22/h2-11H,1H3. The van der Waals surface area contributed by atoms with Crippen LogP contribution in [0.2, 0.25) is 0 Å². The largest absolute Gasteiger partial charge is 0.573 e. The highest BCUT2D eigenvalue weighted by Gasteiger charge is 2.32. The minimum atomic E-state index is -4.82. The number of hydrogen-bond acceptors (Lipinski definition) is 5. The minimum absolute atomic E-state index is 0.131. The van der Waals surface area contributed by atoms with E-state index in [1.807, 2.05) is 12.1 Å². The fourth-order valence-corrected chi connectivity index (χ4v) is 2.74. The SMILES string of the molecule is COc1ccc(-c2ccc3nnc(-c4ccccc4OC(F)(F)F)n3n2)cc1. The van der Waals surface area contributed by atoms with Gasteiger partial charge in [-0.25, -0.2) is 0 Å². The third kappa shape index (κ3) is 3.46. The van der Waals surface area contributed by atoms with E-state index in [2.05, 4.69) is 20.0 Å². The van der Waals surface area contributed by atoms with Gasteiger partial charge in [-0.15, -0.1) is 23.4 Å². The third-order valence-corrected chi connectivity index (χ3v) is 4.00. The highest BCUT2D eigenvalue weighted by molar-refractivity contribution is 5.68. The second-order valence-corrected chi connectivity index (χ2v) is 5.78. The molecule has 6 nitrogen and oxygen atoms in total. The lowest BCUT2D eigenvalue weighted by atomic mass is 10.1. The Bertz CT molecular complexity index is 1120. The lowest BCUT2D eigenvalue weighted by Gasteiger charge is -2.12. The molecule has 0 saturated carbocycles. The normalized spacial score (nSPS) is 11.6. The van der Waals surface area contributed by atoms with E-state index in [-0.39, 0.29) is 17.1 Å². The van der Waals surface area contributed by atoms with Gasteiger partial charge in [0.05, 0.1) is 18.4 Å². The first-order valence-corrected chi connectivity index (χ1v) is 8.17. The van der Waals surface area contributed by atoms with E-state index >= 15 is 0 Å². The number of halogens is 3. The van der Waals surface area contributed by atoms with Gasteiger partial charge >= 0.3 is 6.36 Å². The molecule has 0 radical (unpaired) electrons. The van der Waals surface area contributed by atoms with E-state index in [0.717, 1.165) is 5.56 Å². The first kappa shape index (κ1) is 17.8. The van der Waals surface area contributed by atoms with Crippen LogP contribution in [0.3, 0.4) is 0 Å². The summed E-state index contributed by atoms with van der Waals surface area (Å²) < 4.78 is 48.9. The van der Waals surface area contributed by atoms with Crippen molar-refractivity contribution in [3.63, 3.8) is 0 Å². The van der Waals surface area contributed by atoms with E-state index in [0.29, 0.717) is 17.1 Å². The van der Waals surface area contributed by atoms with Gasteiger partial charge in [0.1, 0.15) is 11.5 Å². The summed E-state index contributed by atoms with van der Waals surface area (Å²) in [6.07, 6.45) is -4.82. The highest BCUT2D eigenvalue weighted by Crippen LogP contribution is 2.33. The van der Waals surface area contributed by atoms with Gasteiger partial charge in [0.15, 0.2) is 11.5 Å². The number of methoxy groups -OCH3 is 1. The molecule has 2 heterocycles. The van der Waals surface area contributed by atoms with Gasteiger partial charge in [0, 0.05) is 5.56 Å². The Kier molecular flexibility index (Phi) is 4.34. The van der Waals surface area contributed by atoms with Crippen LogP contribution in [0.4, 0.5) is 13.2 Å². The summed E-state index contributed by atoms with van der Waals surface area (Å²) in [5.41, 5.74) is 1.94. The van der Waals surface area contributed by atoms with Crippen LogP contribution in [0, 0.1) is 0 Å². The van der Waals surface area contributed by atoms with Crippen LogP contribution in [-0.2, 0) is 0 Å². The lowest BCUT2D eigenvalue weighted by molar-refractivity contribution is -0.274. The Morgan fingerprint density at radius 2 is 1.64 bits per heavy atom. The van der Waals surface area contributed by atoms with Crippen molar-refractivity contribution in [2.24, 2.45) is 0 Å². The van der Waals surface area contributed by atoms with Crippen LogP contribution in [0.1, 0.15) is 0 Å². The van der Waals surface area contributed by atoms with Crippen molar-refractivity contribution in [2.45, 2.75) is 6.36 Å². The zero-order chi connectivity index (χ0) is 19.7. The molecule has 0 aliphatic rings. The van der Waals surface area contributed by atoms with Crippen molar-refractivity contribution in [3.8, 4) is 34.1 Å². The van der Waals surface area contributed by atoms with Gasteiger partial charge in [-0.05, 0) is 48.5 Å². The molecule has 0 saturated heterocycles. The Morgan fingerprint density at radius 3 is 2.36 bits per heavy atom. The monoisotopic (exact) mass is 386 g/mol. The Balaban J connectivity index is 1.81. The number of rotatable bonds is 4. The molecule has 0 fully saturated rings. The summed E-state index contributed by atoms with van der Waals surface area (Å²) in [5, 5.41) is 12.5. The van der Waals surface area contributed by atoms with E-state index in [4.69, 9.17) is 4.74 Å². The summed E-state index contributed by atoms with van der Waals surface area (Å²) in [7, 11) is 1.57. The molecule has 0 bridgehead atoms. The molecule has 9 heteroatoms. The molecule has 0 spiro atoms. The van der Waals surface area contributed by atoms with Crippen molar-refractivity contribution in [2.75, 3.05) is 7.11 Å². The summed E-state index contributed by atoms with van der Waals surface area (Å²) in [5.74, 6) is 0.471. The Labute approximate surface area is 157 Å². The van der Waals surface area contributed by atoms with Gasteiger partial charge < -0.3 is 9.47 Å². The predicted octanol–water partition coefficient (Wildman–Crippen LogP) is 4.37. The number of aromatic nitrogens is 4. The van der Waals surface area contributed by atoms with Gasteiger partial charge in [-0.1, -0.05) is 12.1 Å². The fourth-order valence-electron chi connectivity index (χ4n) is 2.74. The van der Waals surface area contributed by atoms with E-state index in [1.165, 1.54) is 22.7 Å². The van der Waals surface area contributed by atoms with Crippen molar-refractivity contribution in [1.29, 1.82) is 0 Å². The number of fused-ring (bicyclic) bond motifs is 1. The maximum atomic E-state index is 12.7. The number of benzene rings is 2. The van der Waals surface area contributed by atoms with Crippen molar-refractivity contribution >= 4 is 5.65 Å². The average molecular weight is 386 g/mol. The number of nitrogens with zero attached hydrogens (tertiary/aromatic N) is 4. The van der Waals surface area contributed by atoms with Crippen LogP contribution in [0.5, 0.6) is 11.5 Å². The van der Waals surface area contributed by atoms with Crippen LogP contribution in [-0.4, -0.2) is 33.3 Å². The number of alkyl halides is 3. The zero-order valence-corrected chi connectivity index (χ0v) is 14.5. The maximum absolute atomic E-state index is 12.7. The quantitative estimate of drug-likeness (QED) is 0.521. The minimum Gasteiger partial charge on any atom is -0.497 e. The predicted molar refractivity (Wildman–Crippen MR) is 94.9 cm³/mol. The Hall–Kier alpha value is -3.62.